The van der Waals surface area contributed by atoms with Crippen LogP contribution in [0.4, 0.5) is 5.69 Å². The molecule has 4 rings (SSSR count). The third-order valence-electron chi connectivity index (χ3n) is 6.57. The molecule has 1 aliphatic rings. The van der Waals surface area contributed by atoms with Crippen molar-refractivity contribution in [1.29, 1.82) is 0 Å². The number of esters is 1. The molecule has 1 saturated heterocycles. The number of rotatable bonds is 7. The molecule has 0 radical (unpaired) electrons. The van der Waals surface area contributed by atoms with Crippen LogP contribution in [0.5, 0.6) is 11.5 Å². The summed E-state index contributed by atoms with van der Waals surface area (Å²) in [6.07, 6.45) is 0. The molecule has 1 N–H and O–H groups in total. The Kier molecular flexibility index (Phi) is 7.52. The molecule has 8 nitrogen and oxygen atoms in total. The van der Waals surface area contributed by atoms with Crippen molar-refractivity contribution in [2.45, 2.75) is 25.8 Å². The summed E-state index contributed by atoms with van der Waals surface area (Å²) in [5.41, 5.74) is 2.49. The van der Waals surface area contributed by atoms with Gasteiger partial charge in [-0.3, -0.25) is 14.5 Å². The van der Waals surface area contributed by atoms with E-state index in [4.69, 9.17) is 14.2 Å². The molecule has 1 heterocycles. The number of ketones is 1. The summed E-state index contributed by atoms with van der Waals surface area (Å²) in [5.74, 6) is -1.07. The van der Waals surface area contributed by atoms with Gasteiger partial charge in [0, 0.05) is 11.3 Å². The van der Waals surface area contributed by atoms with Crippen LogP contribution in [0.3, 0.4) is 0 Å². The first-order valence-corrected chi connectivity index (χ1v) is 12.0. The minimum atomic E-state index is -0.922. The minimum absolute atomic E-state index is 0.0444. The van der Waals surface area contributed by atoms with E-state index >= 15 is 0 Å². The van der Waals surface area contributed by atoms with Crippen molar-refractivity contribution in [3.05, 3.63) is 94.6 Å². The molecule has 8 heteroatoms. The number of ether oxygens (including phenoxy) is 3. The maximum atomic E-state index is 13.4. The standard InChI is InChI=1S/C30H29NO7/c1-17(2)23-16-20(10-15-24(23)37-4)27(32)25-26(18-8-13-22(36-3)14-9-18)31(29(34)28(25)33)21-11-6-19(7-12-21)30(35)38-5/h6-17,26,32H,1-5H3/b27-25-. The number of carbonyl (C=O) groups is 3. The van der Waals surface area contributed by atoms with Gasteiger partial charge >= 0.3 is 5.97 Å². The lowest BCUT2D eigenvalue weighted by molar-refractivity contribution is -0.132. The molecule has 1 atom stereocenters. The predicted octanol–water partition coefficient (Wildman–Crippen LogP) is 5.24. The minimum Gasteiger partial charge on any atom is -0.507 e. The Morgan fingerprint density at radius 2 is 1.50 bits per heavy atom. The number of hydrogen-bond acceptors (Lipinski definition) is 7. The zero-order chi connectivity index (χ0) is 27.6. The maximum absolute atomic E-state index is 13.4. The number of nitrogens with zero attached hydrogens (tertiary/aromatic N) is 1. The Hall–Kier alpha value is -4.59. The Morgan fingerprint density at radius 3 is 2.05 bits per heavy atom. The number of methoxy groups -OCH3 is 3. The highest BCUT2D eigenvalue weighted by Crippen LogP contribution is 2.43. The van der Waals surface area contributed by atoms with Crippen LogP contribution in [0.2, 0.25) is 0 Å². The van der Waals surface area contributed by atoms with E-state index in [0.717, 1.165) is 5.56 Å². The quantitative estimate of drug-likeness (QED) is 0.199. The molecule has 1 amide bonds. The van der Waals surface area contributed by atoms with Gasteiger partial charge in [0.15, 0.2) is 0 Å². The monoisotopic (exact) mass is 515 g/mol. The van der Waals surface area contributed by atoms with Gasteiger partial charge in [-0.2, -0.15) is 0 Å². The molecule has 0 saturated carbocycles. The van der Waals surface area contributed by atoms with Gasteiger partial charge < -0.3 is 19.3 Å². The number of aliphatic hydroxyl groups is 1. The van der Waals surface area contributed by atoms with Crippen LogP contribution < -0.4 is 14.4 Å². The predicted molar refractivity (Wildman–Crippen MR) is 143 cm³/mol. The number of anilines is 1. The van der Waals surface area contributed by atoms with Gasteiger partial charge in [-0.05, 0) is 71.6 Å². The number of benzene rings is 3. The molecule has 3 aromatic carbocycles. The molecule has 0 spiro atoms. The smallest absolute Gasteiger partial charge is 0.337 e. The number of amides is 1. The average molecular weight is 516 g/mol. The van der Waals surface area contributed by atoms with Gasteiger partial charge in [0.25, 0.3) is 11.7 Å². The lowest BCUT2D eigenvalue weighted by atomic mass is 9.93. The van der Waals surface area contributed by atoms with E-state index < -0.39 is 23.7 Å². The summed E-state index contributed by atoms with van der Waals surface area (Å²) >= 11 is 0. The van der Waals surface area contributed by atoms with E-state index in [9.17, 15) is 19.5 Å². The summed E-state index contributed by atoms with van der Waals surface area (Å²) in [6, 6.07) is 17.3. The molecule has 1 aliphatic heterocycles. The number of Topliss-reactive ketones (excluding diaryl/α,β-unsaturated/α-hetero) is 1. The summed E-state index contributed by atoms with van der Waals surface area (Å²) in [7, 11) is 4.39. The first-order chi connectivity index (χ1) is 18.2. The van der Waals surface area contributed by atoms with Crippen molar-refractivity contribution >= 4 is 29.1 Å². The molecule has 196 valence electrons. The highest BCUT2D eigenvalue weighted by atomic mass is 16.5. The van der Waals surface area contributed by atoms with Crippen LogP contribution >= 0.6 is 0 Å². The zero-order valence-electron chi connectivity index (χ0n) is 21.8. The van der Waals surface area contributed by atoms with E-state index in [1.54, 1.807) is 68.8 Å². The molecular formula is C30H29NO7. The third-order valence-corrected chi connectivity index (χ3v) is 6.57. The Bertz CT molecular complexity index is 1410. The molecular weight excluding hydrogens is 486 g/mol. The molecule has 1 unspecified atom stereocenters. The fourth-order valence-corrected chi connectivity index (χ4v) is 4.56. The normalized spacial score (nSPS) is 16.6. The summed E-state index contributed by atoms with van der Waals surface area (Å²) in [4.78, 5) is 40.1. The first kappa shape index (κ1) is 26.5. The molecule has 38 heavy (non-hydrogen) atoms. The second-order valence-electron chi connectivity index (χ2n) is 9.09. The fraction of sp³-hybridized carbons (Fsp3) is 0.233. The van der Waals surface area contributed by atoms with E-state index in [0.29, 0.717) is 33.9 Å². The topological polar surface area (TPSA) is 102 Å². The van der Waals surface area contributed by atoms with Gasteiger partial charge in [-0.25, -0.2) is 4.79 Å². The molecule has 0 bridgehead atoms. The van der Waals surface area contributed by atoms with Crippen molar-refractivity contribution < 1.29 is 33.7 Å². The van der Waals surface area contributed by atoms with Crippen molar-refractivity contribution in [2.24, 2.45) is 0 Å². The van der Waals surface area contributed by atoms with Gasteiger partial charge in [0.2, 0.25) is 0 Å². The number of hydrogen-bond donors (Lipinski definition) is 1. The van der Waals surface area contributed by atoms with Crippen LogP contribution in [0.25, 0.3) is 5.76 Å². The van der Waals surface area contributed by atoms with Gasteiger partial charge in [-0.15, -0.1) is 0 Å². The van der Waals surface area contributed by atoms with Crippen LogP contribution in [0.15, 0.2) is 72.3 Å². The van der Waals surface area contributed by atoms with Crippen molar-refractivity contribution in [3.8, 4) is 11.5 Å². The first-order valence-electron chi connectivity index (χ1n) is 12.0. The average Bonchev–Trinajstić information content (AvgIpc) is 3.21. The third kappa shape index (κ3) is 4.72. The van der Waals surface area contributed by atoms with Gasteiger partial charge in [0.05, 0.1) is 38.5 Å². The molecule has 3 aromatic rings. The fourth-order valence-electron chi connectivity index (χ4n) is 4.56. The van der Waals surface area contributed by atoms with Gasteiger partial charge in [0.1, 0.15) is 17.3 Å². The van der Waals surface area contributed by atoms with Crippen molar-refractivity contribution in [2.75, 3.05) is 26.2 Å². The largest absolute Gasteiger partial charge is 0.507 e. The Balaban J connectivity index is 1.91. The van der Waals surface area contributed by atoms with E-state index in [-0.39, 0.29) is 17.3 Å². The van der Waals surface area contributed by atoms with E-state index in [2.05, 4.69) is 0 Å². The second-order valence-corrected chi connectivity index (χ2v) is 9.09. The summed E-state index contributed by atoms with van der Waals surface area (Å²) < 4.78 is 15.5. The number of aliphatic hydroxyl groups excluding tert-OH is 1. The molecule has 1 fully saturated rings. The highest BCUT2D eigenvalue weighted by Gasteiger charge is 2.47. The summed E-state index contributed by atoms with van der Waals surface area (Å²) in [6.45, 7) is 3.99. The highest BCUT2D eigenvalue weighted by molar-refractivity contribution is 6.51. The van der Waals surface area contributed by atoms with Crippen LogP contribution in [0, 0.1) is 0 Å². The lowest BCUT2D eigenvalue weighted by Crippen LogP contribution is -2.29. The SMILES string of the molecule is COC(=O)c1ccc(N2C(=O)C(=O)/C(=C(\O)c3ccc(OC)c(C(C)C)c3)C2c2ccc(OC)cc2)cc1. The van der Waals surface area contributed by atoms with Crippen molar-refractivity contribution in [3.63, 3.8) is 0 Å². The van der Waals surface area contributed by atoms with Gasteiger partial charge in [-0.1, -0.05) is 26.0 Å². The molecule has 0 aromatic heterocycles. The second kappa shape index (κ2) is 10.8. The van der Waals surface area contributed by atoms with E-state index in [1.807, 2.05) is 13.8 Å². The summed E-state index contributed by atoms with van der Waals surface area (Å²) in [5, 5.41) is 11.5. The number of carbonyl (C=O) groups excluding carboxylic acids is 3. The van der Waals surface area contributed by atoms with Crippen LogP contribution in [-0.2, 0) is 14.3 Å². The van der Waals surface area contributed by atoms with Crippen LogP contribution in [0.1, 0.15) is 52.9 Å². The van der Waals surface area contributed by atoms with Crippen molar-refractivity contribution in [1.82, 2.24) is 0 Å². The maximum Gasteiger partial charge on any atom is 0.337 e. The Labute approximate surface area is 221 Å². The van der Waals surface area contributed by atoms with E-state index in [1.165, 1.54) is 24.1 Å². The molecule has 0 aliphatic carbocycles. The zero-order valence-corrected chi connectivity index (χ0v) is 21.8. The van der Waals surface area contributed by atoms with Crippen LogP contribution in [-0.4, -0.2) is 44.1 Å². The Morgan fingerprint density at radius 1 is 0.868 bits per heavy atom. The lowest BCUT2D eigenvalue weighted by Gasteiger charge is -2.26.